The molecule has 3 aromatic rings. The molecule has 0 fully saturated rings. The third kappa shape index (κ3) is 1.80. The van der Waals surface area contributed by atoms with Crippen molar-refractivity contribution in [3.05, 3.63) is 101 Å². The Bertz CT molecular complexity index is 631. The lowest BCUT2D eigenvalue weighted by Gasteiger charge is -2.16. The quantitative estimate of drug-likeness (QED) is 0.562. The standard InChI is InChI=1S/C20H17/c1-3-8-15(9-4-1)19-14-20(16-10-5-2-6-11-16)18-13-7-12-17(18)19/h1-13,19-20H,14H2/q-1/t19-,20-/m0/s1. The van der Waals surface area contributed by atoms with Gasteiger partial charge in [0, 0.05) is 0 Å². The smallest absolute Gasteiger partial charge is 0.0141 e. The van der Waals surface area contributed by atoms with Gasteiger partial charge in [-0.05, 0) is 23.8 Å². The highest BCUT2D eigenvalue weighted by Crippen LogP contribution is 2.48. The second kappa shape index (κ2) is 4.72. The maximum atomic E-state index is 2.30. The molecule has 0 radical (unpaired) electrons. The molecule has 0 N–H and O–H groups in total. The van der Waals surface area contributed by atoms with Gasteiger partial charge in [-0.25, -0.2) is 12.1 Å². The first-order chi connectivity index (χ1) is 9.93. The lowest BCUT2D eigenvalue weighted by atomic mass is 9.90. The molecule has 0 saturated heterocycles. The van der Waals surface area contributed by atoms with Crippen LogP contribution in [0.1, 0.15) is 40.5 Å². The van der Waals surface area contributed by atoms with E-state index >= 15 is 0 Å². The molecule has 0 amide bonds. The molecule has 0 bridgehead atoms. The van der Waals surface area contributed by atoms with Crippen molar-refractivity contribution in [3.8, 4) is 0 Å². The van der Waals surface area contributed by atoms with Crippen LogP contribution in [0.15, 0.2) is 78.9 Å². The molecule has 4 rings (SSSR count). The highest BCUT2D eigenvalue weighted by Gasteiger charge is 2.27. The van der Waals surface area contributed by atoms with Crippen LogP contribution < -0.4 is 0 Å². The van der Waals surface area contributed by atoms with Gasteiger partial charge in [0.1, 0.15) is 0 Å². The number of benzene rings is 2. The first kappa shape index (κ1) is 11.6. The number of hydrogen-bond donors (Lipinski definition) is 0. The largest absolute Gasteiger partial charge is 0.213 e. The molecule has 0 saturated carbocycles. The molecule has 0 spiro atoms. The minimum Gasteiger partial charge on any atom is -0.213 e. The second-order valence-electron chi connectivity index (χ2n) is 5.60. The van der Waals surface area contributed by atoms with Gasteiger partial charge in [0.2, 0.25) is 0 Å². The van der Waals surface area contributed by atoms with Crippen LogP contribution in [0, 0.1) is 0 Å². The van der Waals surface area contributed by atoms with Crippen LogP contribution >= 0.6 is 0 Å². The van der Waals surface area contributed by atoms with Gasteiger partial charge in [-0.1, -0.05) is 66.2 Å². The maximum Gasteiger partial charge on any atom is -0.0141 e. The van der Waals surface area contributed by atoms with Crippen LogP contribution in [0.25, 0.3) is 0 Å². The van der Waals surface area contributed by atoms with Gasteiger partial charge in [-0.15, -0.1) is 5.56 Å². The third-order valence-corrected chi connectivity index (χ3v) is 4.51. The van der Waals surface area contributed by atoms with E-state index < -0.39 is 0 Å². The Balaban J connectivity index is 1.77. The summed E-state index contributed by atoms with van der Waals surface area (Å²) in [5, 5.41) is 0. The van der Waals surface area contributed by atoms with Gasteiger partial charge in [0.25, 0.3) is 0 Å². The topological polar surface area (TPSA) is 0 Å². The van der Waals surface area contributed by atoms with Crippen molar-refractivity contribution < 1.29 is 0 Å². The van der Waals surface area contributed by atoms with Gasteiger partial charge >= 0.3 is 0 Å². The summed E-state index contributed by atoms with van der Waals surface area (Å²) >= 11 is 0. The fourth-order valence-electron chi connectivity index (χ4n) is 3.57. The molecule has 1 aliphatic rings. The average Bonchev–Trinajstić information content (AvgIpc) is 3.11. The predicted molar refractivity (Wildman–Crippen MR) is 83.2 cm³/mol. The normalized spacial score (nSPS) is 20.8. The Morgan fingerprint density at radius 2 is 1.35 bits per heavy atom. The Kier molecular flexibility index (Phi) is 2.74. The molecule has 20 heavy (non-hydrogen) atoms. The predicted octanol–water partition coefficient (Wildman–Crippen LogP) is 5.07. The first-order valence-corrected chi connectivity index (χ1v) is 7.29. The second-order valence-corrected chi connectivity index (χ2v) is 5.60. The molecule has 2 atom stereocenters. The summed E-state index contributed by atoms with van der Waals surface area (Å²) in [6.07, 6.45) is 1.19. The molecular weight excluding hydrogens is 240 g/mol. The Morgan fingerprint density at radius 1 is 0.700 bits per heavy atom. The van der Waals surface area contributed by atoms with Crippen molar-refractivity contribution in [2.24, 2.45) is 0 Å². The first-order valence-electron chi connectivity index (χ1n) is 7.29. The highest BCUT2D eigenvalue weighted by atomic mass is 14.4. The molecule has 0 nitrogen and oxygen atoms in total. The van der Waals surface area contributed by atoms with E-state index in [2.05, 4.69) is 78.9 Å². The van der Waals surface area contributed by atoms with E-state index in [4.69, 9.17) is 0 Å². The van der Waals surface area contributed by atoms with Gasteiger partial charge in [-0.3, -0.25) is 0 Å². The third-order valence-electron chi connectivity index (χ3n) is 4.51. The van der Waals surface area contributed by atoms with Crippen LogP contribution in [0.4, 0.5) is 0 Å². The van der Waals surface area contributed by atoms with Crippen molar-refractivity contribution in [3.63, 3.8) is 0 Å². The summed E-state index contributed by atoms with van der Waals surface area (Å²) in [5.74, 6) is 1.10. The van der Waals surface area contributed by atoms with E-state index in [1.54, 1.807) is 0 Å². The van der Waals surface area contributed by atoms with E-state index in [9.17, 15) is 0 Å². The van der Waals surface area contributed by atoms with Crippen molar-refractivity contribution in [1.29, 1.82) is 0 Å². The van der Waals surface area contributed by atoms with Crippen LogP contribution in [0.5, 0.6) is 0 Å². The van der Waals surface area contributed by atoms with Crippen molar-refractivity contribution in [2.45, 2.75) is 18.3 Å². The van der Waals surface area contributed by atoms with Gasteiger partial charge in [0.15, 0.2) is 0 Å². The Labute approximate surface area is 120 Å². The minimum absolute atomic E-state index is 0.548. The zero-order valence-electron chi connectivity index (χ0n) is 11.4. The monoisotopic (exact) mass is 257 g/mol. The molecule has 0 aromatic heterocycles. The molecule has 1 aliphatic carbocycles. The SMILES string of the molecule is c1ccc([C@@H]2C[C@@H](c3ccccc3)[c-]3cccc32)cc1. The summed E-state index contributed by atoms with van der Waals surface area (Å²) in [4.78, 5) is 0. The maximum absolute atomic E-state index is 2.30. The van der Waals surface area contributed by atoms with E-state index in [0.717, 1.165) is 0 Å². The summed E-state index contributed by atoms with van der Waals surface area (Å²) in [6.45, 7) is 0. The molecule has 0 unspecified atom stereocenters. The zero-order chi connectivity index (χ0) is 13.4. The van der Waals surface area contributed by atoms with Crippen molar-refractivity contribution in [2.75, 3.05) is 0 Å². The number of rotatable bonds is 2. The summed E-state index contributed by atoms with van der Waals surface area (Å²) in [7, 11) is 0. The average molecular weight is 257 g/mol. The van der Waals surface area contributed by atoms with Crippen LogP contribution in [0.3, 0.4) is 0 Å². The van der Waals surface area contributed by atoms with Crippen LogP contribution in [-0.4, -0.2) is 0 Å². The van der Waals surface area contributed by atoms with Gasteiger partial charge in [-0.2, -0.15) is 11.6 Å². The number of fused-ring (bicyclic) bond motifs is 1. The molecule has 98 valence electrons. The van der Waals surface area contributed by atoms with Gasteiger partial charge in [0.05, 0.1) is 0 Å². The Morgan fingerprint density at radius 3 is 2.05 bits per heavy atom. The highest BCUT2D eigenvalue weighted by molar-refractivity contribution is 5.50. The van der Waals surface area contributed by atoms with Crippen molar-refractivity contribution in [1.82, 2.24) is 0 Å². The minimum atomic E-state index is 0.548. The van der Waals surface area contributed by atoms with E-state index in [0.29, 0.717) is 11.8 Å². The van der Waals surface area contributed by atoms with Crippen LogP contribution in [-0.2, 0) is 0 Å². The Hall–Kier alpha value is -2.21. The summed E-state index contributed by atoms with van der Waals surface area (Å²) < 4.78 is 0. The molecular formula is C20H17-. The summed E-state index contributed by atoms with van der Waals surface area (Å²) in [5.41, 5.74) is 5.92. The molecule has 0 aliphatic heterocycles. The van der Waals surface area contributed by atoms with E-state index in [1.807, 2.05) is 0 Å². The summed E-state index contributed by atoms with van der Waals surface area (Å²) in [6, 6.07) is 28.6. The lowest BCUT2D eigenvalue weighted by Crippen LogP contribution is -1.98. The molecule has 0 heteroatoms. The van der Waals surface area contributed by atoms with Crippen molar-refractivity contribution >= 4 is 0 Å². The molecule has 0 heterocycles. The molecule has 3 aromatic carbocycles. The lowest BCUT2D eigenvalue weighted by molar-refractivity contribution is 0.713. The fourth-order valence-corrected chi connectivity index (χ4v) is 3.57. The van der Waals surface area contributed by atoms with Crippen LogP contribution in [0.2, 0.25) is 0 Å². The fraction of sp³-hybridized carbons (Fsp3) is 0.150. The zero-order valence-corrected chi connectivity index (χ0v) is 11.4. The van der Waals surface area contributed by atoms with Gasteiger partial charge < -0.3 is 0 Å². The number of hydrogen-bond acceptors (Lipinski definition) is 0. The van der Waals surface area contributed by atoms with E-state index in [1.165, 1.54) is 28.7 Å². The van der Waals surface area contributed by atoms with E-state index in [-0.39, 0.29) is 0 Å².